The minimum Gasteiger partial charge on any atom is -0.496 e. The van der Waals surface area contributed by atoms with Crippen molar-refractivity contribution in [1.29, 1.82) is 0 Å². The summed E-state index contributed by atoms with van der Waals surface area (Å²) in [6, 6.07) is 7.44. The number of methoxy groups -OCH3 is 1. The van der Waals surface area contributed by atoms with Gasteiger partial charge in [-0.3, -0.25) is 14.0 Å². The Labute approximate surface area is 163 Å². The Morgan fingerprint density at radius 3 is 2.68 bits per heavy atom. The number of hydrogen-bond acceptors (Lipinski definition) is 5. The van der Waals surface area contributed by atoms with Crippen molar-refractivity contribution in [2.24, 2.45) is 0 Å². The van der Waals surface area contributed by atoms with Crippen LogP contribution >= 0.6 is 0 Å². The molecule has 0 aliphatic rings. The lowest BCUT2D eigenvalue weighted by molar-refractivity contribution is -0.121. The van der Waals surface area contributed by atoms with Gasteiger partial charge in [0, 0.05) is 18.5 Å². The molecular weight excluding hydrogens is 358 g/mol. The minimum absolute atomic E-state index is 0.104. The van der Waals surface area contributed by atoms with Crippen LogP contribution in [0, 0.1) is 6.92 Å². The predicted octanol–water partition coefficient (Wildman–Crippen LogP) is 1.42. The van der Waals surface area contributed by atoms with Gasteiger partial charge in [0.2, 0.25) is 5.91 Å². The maximum Gasteiger partial charge on any atom is 0.291 e. The summed E-state index contributed by atoms with van der Waals surface area (Å²) in [5.41, 5.74) is 1.03. The van der Waals surface area contributed by atoms with Gasteiger partial charge in [-0.15, -0.1) is 0 Å². The molecule has 3 aromatic rings. The first-order chi connectivity index (χ1) is 13.5. The van der Waals surface area contributed by atoms with Gasteiger partial charge in [0.15, 0.2) is 0 Å². The molecule has 2 aromatic heterocycles. The van der Waals surface area contributed by atoms with E-state index in [1.807, 2.05) is 25.1 Å². The summed E-state index contributed by atoms with van der Waals surface area (Å²) in [6.07, 6.45) is 0. The van der Waals surface area contributed by atoms with Gasteiger partial charge in [-0.05, 0) is 38.2 Å². The van der Waals surface area contributed by atoms with Gasteiger partial charge in [0.1, 0.15) is 23.6 Å². The van der Waals surface area contributed by atoms with Crippen molar-refractivity contribution in [2.75, 3.05) is 33.3 Å². The second-order valence-electron chi connectivity index (χ2n) is 6.64. The number of fused-ring (bicyclic) bond motifs is 3. The lowest BCUT2D eigenvalue weighted by atomic mass is 10.2. The molecule has 0 saturated heterocycles. The molecule has 0 atom stereocenters. The number of ether oxygens (including phenoxy) is 1. The molecule has 0 unspecified atom stereocenters. The van der Waals surface area contributed by atoms with Gasteiger partial charge >= 0.3 is 0 Å². The number of nitrogens with zero attached hydrogens (tertiary/aromatic N) is 4. The van der Waals surface area contributed by atoms with E-state index in [0.29, 0.717) is 23.6 Å². The van der Waals surface area contributed by atoms with Crippen molar-refractivity contribution in [1.82, 2.24) is 24.4 Å². The highest BCUT2D eigenvalue weighted by molar-refractivity contribution is 5.92. The van der Waals surface area contributed by atoms with E-state index in [-0.39, 0.29) is 18.0 Å². The molecule has 0 aliphatic carbocycles. The maximum absolute atomic E-state index is 12.9. The van der Waals surface area contributed by atoms with Gasteiger partial charge in [-0.2, -0.15) is 5.10 Å². The Hall–Kier alpha value is -2.87. The van der Waals surface area contributed by atoms with Crippen molar-refractivity contribution in [2.45, 2.75) is 27.3 Å². The standard InChI is InChI=1S/C20H27N5O3/c1-5-23(6-2)11-10-21-19(26)13-24-20(27)17-12-15-16(25(17)14(3)22-24)8-7-9-18(15)28-4/h7-9,12H,5-6,10-11,13H2,1-4H3,(H,21,26). The Bertz CT molecular complexity index is 1050. The molecule has 150 valence electrons. The molecule has 0 aliphatic heterocycles. The highest BCUT2D eigenvalue weighted by Gasteiger charge is 2.16. The molecule has 8 heteroatoms. The fourth-order valence-electron chi connectivity index (χ4n) is 3.48. The van der Waals surface area contributed by atoms with Gasteiger partial charge in [-0.25, -0.2) is 4.68 Å². The lowest BCUT2D eigenvalue weighted by Crippen LogP contribution is -2.38. The molecule has 0 spiro atoms. The molecule has 0 saturated carbocycles. The second kappa shape index (κ2) is 8.43. The minimum atomic E-state index is -0.303. The van der Waals surface area contributed by atoms with Gasteiger partial charge in [0.05, 0.1) is 12.6 Å². The van der Waals surface area contributed by atoms with Crippen LogP contribution in [0.4, 0.5) is 0 Å². The Kier molecular flexibility index (Phi) is 5.99. The van der Waals surface area contributed by atoms with E-state index in [4.69, 9.17) is 4.74 Å². The zero-order valence-electron chi connectivity index (χ0n) is 16.9. The number of aromatic nitrogens is 3. The van der Waals surface area contributed by atoms with Crippen LogP contribution in [-0.2, 0) is 11.3 Å². The highest BCUT2D eigenvalue weighted by Crippen LogP contribution is 2.28. The Balaban J connectivity index is 1.87. The number of hydrogen-bond donors (Lipinski definition) is 1. The lowest BCUT2D eigenvalue weighted by Gasteiger charge is -2.18. The first kappa shape index (κ1) is 19.9. The highest BCUT2D eigenvalue weighted by atomic mass is 16.5. The quantitative estimate of drug-likeness (QED) is 0.634. The zero-order chi connectivity index (χ0) is 20.3. The molecule has 0 fully saturated rings. The van der Waals surface area contributed by atoms with Gasteiger partial charge < -0.3 is 15.0 Å². The van der Waals surface area contributed by atoms with E-state index in [0.717, 1.165) is 30.5 Å². The largest absolute Gasteiger partial charge is 0.496 e. The Morgan fingerprint density at radius 2 is 2.00 bits per heavy atom. The van der Waals surface area contributed by atoms with Gasteiger partial charge in [0.25, 0.3) is 5.56 Å². The molecule has 28 heavy (non-hydrogen) atoms. The van der Waals surface area contributed by atoms with Crippen LogP contribution in [0.3, 0.4) is 0 Å². The topological polar surface area (TPSA) is 80.9 Å². The first-order valence-corrected chi connectivity index (χ1v) is 9.55. The van der Waals surface area contributed by atoms with E-state index >= 15 is 0 Å². The summed E-state index contributed by atoms with van der Waals surface area (Å²) in [4.78, 5) is 27.4. The van der Waals surface area contributed by atoms with E-state index < -0.39 is 0 Å². The molecule has 3 rings (SSSR count). The number of carbonyl (C=O) groups is 1. The van der Waals surface area contributed by atoms with Crippen molar-refractivity contribution in [3.05, 3.63) is 40.4 Å². The van der Waals surface area contributed by atoms with E-state index in [9.17, 15) is 9.59 Å². The van der Waals surface area contributed by atoms with Crippen molar-refractivity contribution < 1.29 is 9.53 Å². The first-order valence-electron chi connectivity index (χ1n) is 9.55. The van der Waals surface area contributed by atoms with Crippen LogP contribution in [0.5, 0.6) is 5.75 Å². The molecule has 0 bridgehead atoms. The number of benzene rings is 1. The van der Waals surface area contributed by atoms with E-state index in [1.54, 1.807) is 17.6 Å². The van der Waals surface area contributed by atoms with E-state index in [1.165, 1.54) is 4.68 Å². The summed E-state index contributed by atoms with van der Waals surface area (Å²) >= 11 is 0. The van der Waals surface area contributed by atoms with Crippen LogP contribution in [0.2, 0.25) is 0 Å². The summed E-state index contributed by atoms with van der Waals surface area (Å²) < 4.78 is 8.43. The average Bonchev–Trinajstić information content (AvgIpc) is 3.09. The molecular formula is C20H27N5O3. The SMILES string of the molecule is CCN(CC)CCNC(=O)Cn1nc(C)n2c(cc3c(OC)cccc32)c1=O. The average molecular weight is 385 g/mol. The third-order valence-corrected chi connectivity index (χ3v) is 5.01. The van der Waals surface area contributed by atoms with Crippen LogP contribution < -0.4 is 15.6 Å². The van der Waals surface area contributed by atoms with Crippen molar-refractivity contribution in [3.8, 4) is 5.75 Å². The molecule has 0 radical (unpaired) electrons. The fraction of sp³-hybridized carbons (Fsp3) is 0.450. The number of rotatable bonds is 8. The third-order valence-electron chi connectivity index (χ3n) is 5.01. The number of amides is 1. The molecule has 8 nitrogen and oxygen atoms in total. The second-order valence-corrected chi connectivity index (χ2v) is 6.64. The molecule has 2 heterocycles. The normalized spacial score (nSPS) is 11.5. The summed E-state index contributed by atoms with van der Waals surface area (Å²) in [5, 5.41) is 8.05. The summed E-state index contributed by atoms with van der Waals surface area (Å²) in [5.74, 6) is 1.11. The molecule has 1 aromatic carbocycles. The number of aryl methyl sites for hydroxylation is 1. The van der Waals surface area contributed by atoms with Crippen molar-refractivity contribution in [3.63, 3.8) is 0 Å². The van der Waals surface area contributed by atoms with E-state index in [2.05, 4.69) is 29.2 Å². The fourth-order valence-corrected chi connectivity index (χ4v) is 3.48. The number of carbonyl (C=O) groups excluding carboxylic acids is 1. The van der Waals surface area contributed by atoms with Crippen molar-refractivity contribution >= 4 is 22.3 Å². The smallest absolute Gasteiger partial charge is 0.291 e. The summed E-state index contributed by atoms with van der Waals surface area (Å²) in [7, 11) is 1.60. The molecule has 1 amide bonds. The van der Waals surface area contributed by atoms with Crippen LogP contribution in [0.15, 0.2) is 29.1 Å². The summed E-state index contributed by atoms with van der Waals surface area (Å²) in [6.45, 7) is 9.09. The number of likely N-dealkylation sites (N-methyl/N-ethyl adjacent to an activating group) is 1. The Morgan fingerprint density at radius 1 is 1.25 bits per heavy atom. The molecule has 1 N–H and O–H groups in total. The monoisotopic (exact) mass is 385 g/mol. The number of nitrogens with one attached hydrogen (secondary N) is 1. The zero-order valence-corrected chi connectivity index (χ0v) is 16.9. The third kappa shape index (κ3) is 3.73. The van der Waals surface area contributed by atoms with Crippen LogP contribution in [-0.4, -0.2) is 58.3 Å². The van der Waals surface area contributed by atoms with Crippen LogP contribution in [0.1, 0.15) is 19.7 Å². The van der Waals surface area contributed by atoms with Crippen LogP contribution in [0.25, 0.3) is 16.4 Å². The predicted molar refractivity (Wildman–Crippen MR) is 109 cm³/mol. The maximum atomic E-state index is 12.9. The van der Waals surface area contributed by atoms with Gasteiger partial charge in [-0.1, -0.05) is 19.9 Å².